The molecule has 0 radical (unpaired) electrons. The smallest absolute Gasteiger partial charge is 0.342 e. The molecule has 31 heavy (non-hydrogen) atoms. The third-order valence-electron chi connectivity index (χ3n) is 4.93. The Morgan fingerprint density at radius 3 is 2.52 bits per heavy atom. The van der Waals surface area contributed by atoms with Crippen LogP contribution in [0.15, 0.2) is 82.0 Å². The van der Waals surface area contributed by atoms with Gasteiger partial charge in [-0.15, -0.1) is 0 Å². The monoisotopic (exact) mass is 414 g/mol. The van der Waals surface area contributed by atoms with E-state index in [2.05, 4.69) is 0 Å². The second-order valence-corrected chi connectivity index (χ2v) is 7.44. The third-order valence-corrected chi connectivity index (χ3v) is 4.93. The standard InChI is InChI=1S/C26H22O5/c1-17-6-5-7-19(12-17)15-29-23-9-4-3-8-22(23)26(28)30-16-20-14-25(27)31-24-13-18(2)10-11-21(20)24/h3-14H,15-16H2,1-2H3. The van der Waals surface area contributed by atoms with E-state index in [9.17, 15) is 9.59 Å². The molecule has 5 nitrogen and oxygen atoms in total. The van der Waals surface area contributed by atoms with Gasteiger partial charge < -0.3 is 13.9 Å². The average molecular weight is 414 g/mol. The Hall–Kier alpha value is -3.86. The van der Waals surface area contributed by atoms with E-state index in [-0.39, 0.29) is 6.61 Å². The van der Waals surface area contributed by atoms with Crippen LogP contribution in [0.2, 0.25) is 0 Å². The molecule has 0 aliphatic heterocycles. The van der Waals surface area contributed by atoms with Gasteiger partial charge >= 0.3 is 11.6 Å². The molecule has 0 saturated carbocycles. The summed E-state index contributed by atoms with van der Waals surface area (Å²) >= 11 is 0. The molecule has 0 bridgehead atoms. The lowest BCUT2D eigenvalue weighted by Crippen LogP contribution is -2.10. The van der Waals surface area contributed by atoms with Gasteiger partial charge in [0, 0.05) is 17.0 Å². The number of hydrogen-bond donors (Lipinski definition) is 0. The topological polar surface area (TPSA) is 65.7 Å². The number of ether oxygens (including phenoxy) is 2. The molecule has 0 aliphatic rings. The summed E-state index contributed by atoms with van der Waals surface area (Å²) in [6.45, 7) is 4.23. The number of para-hydroxylation sites is 1. The number of carbonyl (C=O) groups excluding carboxylic acids is 1. The van der Waals surface area contributed by atoms with Crippen molar-refractivity contribution in [2.75, 3.05) is 0 Å². The molecule has 3 aromatic carbocycles. The summed E-state index contributed by atoms with van der Waals surface area (Å²) in [5, 5.41) is 0.738. The number of carbonyl (C=O) groups is 1. The summed E-state index contributed by atoms with van der Waals surface area (Å²) in [6.07, 6.45) is 0. The van der Waals surface area contributed by atoms with Crippen molar-refractivity contribution in [3.8, 4) is 5.75 Å². The van der Waals surface area contributed by atoms with E-state index in [1.165, 1.54) is 6.07 Å². The zero-order valence-electron chi connectivity index (χ0n) is 17.4. The fourth-order valence-corrected chi connectivity index (χ4v) is 3.40. The highest BCUT2D eigenvalue weighted by Crippen LogP contribution is 2.23. The molecule has 0 spiro atoms. The van der Waals surface area contributed by atoms with E-state index in [0.717, 1.165) is 22.1 Å². The van der Waals surface area contributed by atoms with E-state index in [0.29, 0.717) is 29.1 Å². The van der Waals surface area contributed by atoms with Gasteiger partial charge in [0.05, 0.1) is 0 Å². The molecule has 4 rings (SSSR count). The van der Waals surface area contributed by atoms with Crippen LogP contribution in [-0.2, 0) is 18.0 Å². The first-order valence-electron chi connectivity index (χ1n) is 9.97. The van der Waals surface area contributed by atoms with Crippen LogP contribution in [0.3, 0.4) is 0 Å². The van der Waals surface area contributed by atoms with Crippen LogP contribution < -0.4 is 10.4 Å². The van der Waals surface area contributed by atoms with Crippen molar-refractivity contribution in [3.63, 3.8) is 0 Å². The highest BCUT2D eigenvalue weighted by Gasteiger charge is 2.15. The maximum absolute atomic E-state index is 12.8. The first-order valence-corrected chi connectivity index (χ1v) is 9.97. The Morgan fingerprint density at radius 2 is 1.68 bits per heavy atom. The first-order chi connectivity index (χ1) is 15.0. The van der Waals surface area contributed by atoms with Gasteiger partial charge in [0.2, 0.25) is 0 Å². The Morgan fingerprint density at radius 1 is 0.871 bits per heavy atom. The highest BCUT2D eigenvalue weighted by atomic mass is 16.5. The van der Waals surface area contributed by atoms with Gasteiger partial charge in [-0.25, -0.2) is 9.59 Å². The van der Waals surface area contributed by atoms with Crippen molar-refractivity contribution in [1.29, 1.82) is 0 Å². The molecule has 1 heterocycles. The molecule has 4 aromatic rings. The van der Waals surface area contributed by atoms with E-state index < -0.39 is 11.6 Å². The minimum absolute atomic E-state index is 0.0454. The number of hydrogen-bond acceptors (Lipinski definition) is 5. The highest BCUT2D eigenvalue weighted by molar-refractivity contribution is 5.92. The molecular formula is C26H22O5. The molecule has 0 saturated heterocycles. The normalized spacial score (nSPS) is 10.8. The zero-order valence-corrected chi connectivity index (χ0v) is 17.4. The summed E-state index contributed by atoms with van der Waals surface area (Å²) in [6, 6.07) is 21.9. The summed E-state index contributed by atoms with van der Waals surface area (Å²) in [7, 11) is 0. The summed E-state index contributed by atoms with van der Waals surface area (Å²) in [4.78, 5) is 24.7. The number of benzene rings is 3. The fourth-order valence-electron chi connectivity index (χ4n) is 3.40. The molecule has 0 N–H and O–H groups in total. The van der Waals surface area contributed by atoms with Gasteiger partial charge in [0.15, 0.2) is 0 Å². The summed E-state index contributed by atoms with van der Waals surface area (Å²) in [5.41, 5.74) is 4.05. The van der Waals surface area contributed by atoms with Crippen molar-refractivity contribution >= 4 is 16.9 Å². The van der Waals surface area contributed by atoms with E-state index in [4.69, 9.17) is 13.9 Å². The Balaban J connectivity index is 1.51. The lowest BCUT2D eigenvalue weighted by atomic mass is 10.1. The minimum Gasteiger partial charge on any atom is -0.488 e. The molecule has 0 fully saturated rings. The molecule has 1 aromatic heterocycles. The molecular weight excluding hydrogens is 392 g/mol. The number of esters is 1. The van der Waals surface area contributed by atoms with Crippen molar-refractivity contribution in [3.05, 3.63) is 111 Å². The van der Waals surface area contributed by atoms with E-state index in [1.807, 2.05) is 50.2 Å². The summed E-state index contributed by atoms with van der Waals surface area (Å²) in [5.74, 6) is -0.0737. The molecule has 0 aliphatic carbocycles. The summed E-state index contributed by atoms with van der Waals surface area (Å²) < 4.78 is 16.7. The number of fused-ring (bicyclic) bond motifs is 1. The Labute approximate surface area is 179 Å². The van der Waals surface area contributed by atoms with E-state index >= 15 is 0 Å². The van der Waals surface area contributed by atoms with Gasteiger partial charge in [-0.1, -0.05) is 54.1 Å². The van der Waals surface area contributed by atoms with Gasteiger partial charge in [0.1, 0.15) is 30.1 Å². The van der Waals surface area contributed by atoms with Crippen LogP contribution in [0.4, 0.5) is 0 Å². The van der Waals surface area contributed by atoms with Crippen molar-refractivity contribution < 1.29 is 18.7 Å². The Kier molecular flexibility index (Phi) is 5.85. The van der Waals surface area contributed by atoms with Crippen LogP contribution in [0.5, 0.6) is 5.75 Å². The quantitative estimate of drug-likeness (QED) is 0.314. The zero-order chi connectivity index (χ0) is 21.8. The van der Waals surface area contributed by atoms with Crippen molar-refractivity contribution in [2.45, 2.75) is 27.1 Å². The predicted molar refractivity (Wildman–Crippen MR) is 118 cm³/mol. The van der Waals surface area contributed by atoms with Crippen molar-refractivity contribution in [2.24, 2.45) is 0 Å². The van der Waals surface area contributed by atoms with Gasteiger partial charge in [-0.3, -0.25) is 0 Å². The van der Waals surface area contributed by atoms with Crippen LogP contribution in [0.25, 0.3) is 11.0 Å². The third kappa shape index (κ3) is 4.83. The molecule has 156 valence electrons. The SMILES string of the molecule is Cc1cccc(COc2ccccc2C(=O)OCc2cc(=O)oc3cc(C)ccc23)c1. The molecule has 0 amide bonds. The number of rotatable bonds is 6. The first kappa shape index (κ1) is 20.4. The minimum atomic E-state index is -0.520. The molecule has 0 unspecified atom stereocenters. The van der Waals surface area contributed by atoms with Crippen LogP contribution in [0, 0.1) is 13.8 Å². The van der Waals surface area contributed by atoms with Crippen molar-refractivity contribution in [1.82, 2.24) is 0 Å². The predicted octanol–water partition coefficient (Wildman–Crippen LogP) is 5.35. The molecule has 0 atom stereocenters. The largest absolute Gasteiger partial charge is 0.488 e. The Bertz CT molecular complexity index is 1300. The van der Waals surface area contributed by atoms with Gasteiger partial charge in [0.25, 0.3) is 0 Å². The second kappa shape index (κ2) is 8.88. The maximum Gasteiger partial charge on any atom is 0.342 e. The number of aryl methyl sites for hydroxylation is 2. The van der Waals surface area contributed by atoms with Crippen LogP contribution >= 0.6 is 0 Å². The van der Waals surface area contributed by atoms with E-state index in [1.54, 1.807) is 30.3 Å². The lowest BCUT2D eigenvalue weighted by molar-refractivity contribution is 0.0468. The van der Waals surface area contributed by atoms with Crippen LogP contribution in [-0.4, -0.2) is 5.97 Å². The molecule has 5 heteroatoms. The lowest BCUT2D eigenvalue weighted by Gasteiger charge is -2.12. The maximum atomic E-state index is 12.8. The van der Waals surface area contributed by atoms with Gasteiger partial charge in [-0.2, -0.15) is 0 Å². The van der Waals surface area contributed by atoms with Gasteiger partial charge in [-0.05, 0) is 43.2 Å². The fraction of sp³-hybridized carbons (Fsp3) is 0.154. The average Bonchev–Trinajstić information content (AvgIpc) is 2.75. The van der Waals surface area contributed by atoms with Crippen LogP contribution in [0.1, 0.15) is 32.6 Å². The second-order valence-electron chi connectivity index (χ2n) is 7.44.